The van der Waals surface area contributed by atoms with Crippen LogP contribution in [-0.2, 0) is 6.61 Å². The van der Waals surface area contributed by atoms with Crippen molar-refractivity contribution in [1.82, 2.24) is 0 Å². The van der Waals surface area contributed by atoms with Crippen LogP contribution in [0.2, 0.25) is 0 Å². The fourth-order valence-electron chi connectivity index (χ4n) is 2.08. The maximum Gasteiger partial charge on any atom is 0.123 e. The lowest BCUT2D eigenvalue weighted by Gasteiger charge is -2.20. The molecule has 0 N–H and O–H groups in total. The number of para-hydroxylation sites is 1. The Bertz CT molecular complexity index is 502. The van der Waals surface area contributed by atoms with E-state index < -0.39 is 0 Å². The summed E-state index contributed by atoms with van der Waals surface area (Å²) in [6.45, 7) is 7.38. The van der Waals surface area contributed by atoms with Crippen LogP contribution in [0.15, 0.2) is 54.6 Å². The number of ether oxygens (including phenoxy) is 1. The number of benzene rings is 2. The summed E-state index contributed by atoms with van der Waals surface area (Å²) >= 11 is 0. The fourth-order valence-corrected chi connectivity index (χ4v) is 2.08. The highest BCUT2D eigenvalue weighted by Gasteiger charge is 2.14. The maximum absolute atomic E-state index is 5.99. The second-order valence-corrected chi connectivity index (χ2v) is 5.34. The van der Waals surface area contributed by atoms with E-state index in [0.29, 0.717) is 18.4 Å². The average molecular weight is 254 g/mol. The first-order valence-electron chi connectivity index (χ1n) is 6.94. The highest BCUT2D eigenvalue weighted by Crippen LogP contribution is 2.31. The molecule has 1 unspecified atom stereocenters. The van der Waals surface area contributed by atoms with Crippen molar-refractivity contribution in [1.29, 1.82) is 0 Å². The molecule has 100 valence electrons. The molecule has 0 fully saturated rings. The Morgan fingerprint density at radius 1 is 0.842 bits per heavy atom. The van der Waals surface area contributed by atoms with E-state index in [1.165, 1.54) is 11.1 Å². The van der Waals surface area contributed by atoms with Gasteiger partial charge in [0.05, 0.1) is 0 Å². The SMILES string of the molecule is CC(C)C(C)c1ccccc1OCc1ccccc1. The molecule has 1 atom stereocenters. The van der Waals surface area contributed by atoms with Crippen LogP contribution in [0.1, 0.15) is 37.8 Å². The monoisotopic (exact) mass is 254 g/mol. The van der Waals surface area contributed by atoms with Gasteiger partial charge in [-0.15, -0.1) is 0 Å². The Morgan fingerprint density at radius 2 is 1.47 bits per heavy atom. The first-order chi connectivity index (χ1) is 9.18. The zero-order valence-electron chi connectivity index (χ0n) is 12.0. The van der Waals surface area contributed by atoms with E-state index in [4.69, 9.17) is 4.74 Å². The van der Waals surface area contributed by atoms with Gasteiger partial charge in [0, 0.05) is 0 Å². The van der Waals surface area contributed by atoms with E-state index in [1.54, 1.807) is 0 Å². The molecule has 0 radical (unpaired) electrons. The molecule has 1 nitrogen and oxygen atoms in total. The fraction of sp³-hybridized carbons (Fsp3) is 0.333. The van der Waals surface area contributed by atoms with Crippen LogP contribution < -0.4 is 4.74 Å². The largest absolute Gasteiger partial charge is 0.489 e. The van der Waals surface area contributed by atoms with Crippen LogP contribution in [0.5, 0.6) is 5.75 Å². The zero-order chi connectivity index (χ0) is 13.7. The van der Waals surface area contributed by atoms with Gasteiger partial charge in [0.25, 0.3) is 0 Å². The molecule has 0 aliphatic rings. The van der Waals surface area contributed by atoms with Gasteiger partial charge in [-0.3, -0.25) is 0 Å². The van der Waals surface area contributed by atoms with Gasteiger partial charge >= 0.3 is 0 Å². The summed E-state index contributed by atoms with van der Waals surface area (Å²) in [5, 5.41) is 0. The van der Waals surface area contributed by atoms with Gasteiger partial charge in [-0.05, 0) is 29.0 Å². The molecule has 0 amide bonds. The first-order valence-corrected chi connectivity index (χ1v) is 6.94. The quantitative estimate of drug-likeness (QED) is 0.727. The third kappa shape index (κ3) is 3.60. The second kappa shape index (κ2) is 6.42. The van der Waals surface area contributed by atoms with Gasteiger partial charge in [0.15, 0.2) is 0 Å². The van der Waals surface area contributed by atoms with Crippen LogP contribution in [-0.4, -0.2) is 0 Å². The van der Waals surface area contributed by atoms with Crippen molar-refractivity contribution in [2.45, 2.75) is 33.3 Å². The lowest BCUT2D eigenvalue weighted by Crippen LogP contribution is -2.05. The Labute approximate surface area is 116 Å². The lowest BCUT2D eigenvalue weighted by atomic mass is 9.90. The van der Waals surface area contributed by atoms with Crippen molar-refractivity contribution in [2.24, 2.45) is 5.92 Å². The van der Waals surface area contributed by atoms with Gasteiger partial charge in [-0.1, -0.05) is 69.3 Å². The summed E-state index contributed by atoms with van der Waals surface area (Å²) in [6.07, 6.45) is 0. The molecule has 0 aliphatic carbocycles. The van der Waals surface area contributed by atoms with Crippen molar-refractivity contribution in [2.75, 3.05) is 0 Å². The van der Waals surface area contributed by atoms with Crippen LogP contribution in [0.25, 0.3) is 0 Å². The Balaban J connectivity index is 2.12. The minimum Gasteiger partial charge on any atom is -0.489 e. The van der Waals surface area contributed by atoms with E-state index in [2.05, 4.69) is 51.1 Å². The topological polar surface area (TPSA) is 9.23 Å². The van der Waals surface area contributed by atoms with E-state index in [0.717, 1.165) is 5.75 Å². The lowest BCUT2D eigenvalue weighted by molar-refractivity contribution is 0.299. The van der Waals surface area contributed by atoms with E-state index in [9.17, 15) is 0 Å². The summed E-state index contributed by atoms with van der Waals surface area (Å²) in [7, 11) is 0. The molecule has 0 bridgehead atoms. The van der Waals surface area contributed by atoms with Gasteiger partial charge in [0.1, 0.15) is 12.4 Å². The van der Waals surface area contributed by atoms with E-state index in [-0.39, 0.29) is 0 Å². The van der Waals surface area contributed by atoms with Crippen molar-refractivity contribution in [3.63, 3.8) is 0 Å². The maximum atomic E-state index is 5.99. The molecule has 1 heteroatoms. The van der Waals surface area contributed by atoms with Crippen LogP contribution in [0, 0.1) is 5.92 Å². The zero-order valence-corrected chi connectivity index (χ0v) is 12.0. The molecule has 2 aromatic rings. The Morgan fingerprint density at radius 3 is 2.16 bits per heavy atom. The molecule has 0 aromatic heterocycles. The van der Waals surface area contributed by atoms with Crippen molar-refractivity contribution in [3.05, 3.63) is 65.7 Å². The molecule has 0 heterocycles. The highest BCUT2D eigenvalue weighted by atomic mass is 16.5. The molecule has 0 aliphatic heterocycles. The van der Waals surface area contributed by atoms with Crippen molar-refractivity contribution >= 4 is 0 Å². The standard InChI is InChI=1S/C18H22O/c1-14(2)15(3)17-11-7-8-12-18(17)19-13-16-9-5-4-6-10-16/h4-12,14-15H,13H2,1-3H3. The highest BCUT2D eigenvalue weighted by molar-refractivity contribution is 5.36. The van der Waals surface area contributed by atoms with E-state index >= 15 is 0 Å². The molecule has 0 spiro atoms. The van der Waals surface area contributed by atoms with Gasteiger partial charge < -0.3 is 4.74 Å². The summed E-state index contributed by atoms with van der Waals surface area (Å²) in [6, 6.07) is 18.7. The minimum atomic E-state index is 0.506. The molecule has 19 heavy (non-hydrogen) atoms. The van der Waals surface area contributed by atoms with Crippen LogP contribution in [0.3, 0.4) is 0 Å². The summed E-state index contributed by atoms with van der Waals surface area (Å²) in [5.41, 5.74) is 2.50. The summed E-state index contributed by atoms with van der Waals surface area (Å²) < 4.78 is 5.99. The Kier molecular flexibility index (Phi) is 4.62. The summed E-state index contributed by atoms with van der Waals surface area (Å²) in [5.74, 6) is 2.13. The third-order valence-corrected chi connectivity index (χ3v) is 3.65. The number of hydrogen-bond donors (Lipinski definition) is 0. The van der Waals surface area contributed by atoms with Crippen molar-refractivity contribution < 1.29 is 4.74 Å². The molecular formula is C18H22O. The molecule has 2 aromatic carbocycles. The second-order valence-electron chi connectivity index (χ2n) is 5.34. The van der Waals surface area contributed by atoms with Crippen molar-refractivity contribution in [3.8, 4) is 5.75 Å². The third-order valence-electron chi connectivity index (χ3n) is 3.65. The Hall–Kier alpha value is -1.76. The summed E-state index contributed by atoms with van der Waals surface area (Å²) in [4.78, 5) is 0. The molecule has 2 rings (SSSR count). The average Bonchev–Trinajstić information content (AvgIpc) is 2.45. The number of rotatable bonds is 5. The van der Waals surface area contributed by atoms with Crippen LogP contribution in [0.4, 0.5) is 0 Å². The van der Waals surface area contributed by atoms with Gasteiger partial charge in [-0.25, -0.2) is 0 Å². The first kappa shape index (κ1) is 13.7. The minimum absolute atomic E-state index is 0.506. The van der Waals surface area contributed by atoms with E-state index in [1.807, 2.05) is 24.3 Å². The molecule has 0 saturated heterocycles. The predicted octanol–water partition coefficient (Wildman–Crippen LogP) is 5.03. The van der Waals surface area contributed by atoms with Gasteiger partial charge in [-0.2, -0.15) is 0 Å². The predicted molar refractivity (Wildman–Crippen MR) is 80.5 cm³/mol. The van der Waals surface area contributed by atoms with Crippen LogP contribution >= 0.6 is 0 Å². The van der Waals surface area contributed by atoms with Gasteiger partial charge in [0.2, 0.25) is 0 Å². The molecular weight excluding hydrogens is 232 g/mol. The normalized spacial score (nSPS) is 12.4. The smallest absolute Gasteiger partial charge is 0.123 e. The number of hydrogen-bond acceptors (Lipinski definition) is 1. The molecule has 0 saturated carbocycles.